The molecule has 1 N–H and O–H groups in total. The second-order valence-electron chi connectivity index (χ2n) is 4.14. The summed E-state index contributed by atoms with van der Waals surface area (Å²) in [7, 11) is 0. The van der Waals surface area contributed by atoms with Crippen molar-refractivity contribution in [1.29, 1.82) is 0 Å². The molecule has 0 atom stereocenters. The number of hydrogen-bond donors (Lipinski definition) is 1. The summed E-state index contributed by atoms with van der Waals surface area (Å²) in [5, 5.41) is 12.8. The standard InChI is InChI=1S/C13H9N3O4S/c17-11-5-9(15-13-16(11)14-7-21-13)6-20-10-3-1-2-8(4-10)12(18)19/h1-5,7H,6H2,(H,18,19). The van der Waals surface area contributed by atoms with Crippen molar-refractivity contribution in [2.24, 2.45) is 0 Å². The first-order chi connectivity index (χ1) is 10.1. The SMILES string of the molecule is O=C(O)c1cccc(OCc2cc(=O)n3ncsc3n2)c1. The largest absolute Gasteiger partial charge is 0.487 e. The van der Waals surface area contributed by atoms with Gasteiger partial charge in [0.15, 0.2) is 0 Å². The van der Waals surface area contributed by atoms with Crippen molar-refractivity contribution < 1.29 is 14.6 Å². The Balaban J connectivity index is 1.81. The third-order valence-corrected chi connectivity index (χ3v) is 3.38. The second-order valence-corrected chi connectivity index (χ2v) is 4.95. The van der Waals surface area contributed by atoms with Crippen LogP contribution in [0.25, 0.3) is 4.96 Å². The third-order valence-electron chi connectivity index (χ3n) is 2.71. The van der Waals surface area contributed by atoms with Gasteiger partial charge in [0.2, 0.25) is 4.96 Å². The highest BCUT2D eigenvalue weighted by atomic mass is 32.1. The lowest BCUT2D eigenvalue weighted by Crippen LogP contribution is -2.16. The van der Waals surface area contributed by atoms with E-state index < -0.39 is 5.97 Å². The van der Waals surface area contributed by atoms with Gasteiger partial charge in [0.25, 0.3) is 5.56 Å². The molecule has 0 spiro atoms. The fourth-order valence-electron chi connectivity index (χ4n) is 1.75. The molecule has 0 unspecified atom stereocenters. The maximum Gasteiger partial charge on any atom is 0.335 e. The topological polar surface area (TPSA) is 93.8 Å². The molecule has 0 amide bonds. The van der Waals surface area contributed by atoms with Crippen molar-refractivity contribution in [2.75, 3.05) is 0 Å². The zero-order valence-corrected chi connectivity index (χ0v) is 11.4. The lowest BCUT2D eigenvalue weighted by molar-refractivity contribution is 0.0696. The van der Waals surface area contributed by atoms with E-state index in [1.54, 1.807) is 12.1 Å². The molecular weight excluding hydrogens is 294 g/mol. The molecule has 2 aromatic heterocycles. The van der Waals surface area contributed by atoms with Crippen molar-refractivity contribution in [3.63, 3.8) is 0 Å². The number of carboxylic acids is 1. The Bertz CT molecular complexity index is 871. The highest BCUT2D eigenvalue weighted by Crippen LogP contribution is 2.15. The van der Waals surface area contributed by atoms with Crippen LogP contribution in [0, 0.1) is 0 Å². The number of hydrogen-bond acceptors (Lipinski definition) is 6. The molecule has 0 radical (unpaired) electrons. The van der Waals surface area contributed by atoms with Crippen LogP contribution in [0.1, 0.15) is 16.1 Å². The van der Waals surface area contributed by atoms with Crippen LogP contribution in [0.4, 0.5) is 0 Å². The van der Waals surface area contributed by atoms with Gasteiger partial charge in [0.1, 0.15) is 17.9 Å². The van der Waals surface area contributed by atoms with E-state index in [2.05, 4.69) is 10.1 Å². The lowest BCUT2D eigenvalue weighted by Gasteiger charge is -2.06. The normalized spacial score (nSPS) is 10.7. The van der Waals surface area contributed by atoms with Crippen LogP contribution in [0.15, 0.2) is 40.6 Å². The molecule has 21 heavy (non-hydrogen) atoms. The first-order valence-corrected chi connectivity index (χ1v) is 6.80. The maximum absolute atomic E-state index is 11.7. The summed E-state index contributed by atoms with van der Waals surface area (Å²) in [6.45, 7) is 0.0761. The molecule has 106 valence electrons. The molecule has 3 rings (SSSR count). The Morgan fingerprint density at radius 3 is 3.05 bits per heavy atom. The quantitative estimate of drug-likeness (QED) is 0.783. The molecule has 0 fully saturated rings. The number of ether oxygens (including phenoxy) is 1. The zero-order chi connectivity index (χ0) is 14.8. The van der Waals surface area contributed by atoms with Crippen LogP contribution in [-0.2, 0) is 6.61 Å². The summed E-state index contributed by atoms with van der Waals surface area (Å²) in [5.74, 6) is -0.621. The Morgan fingerprint density at radius 1 is 1.38 bits per heavy atom. The first-order valence-electron chi connectivity index (χ1n) is 5.92. The average molecular weight is 303 g/mol. The van der Waals surface area contributed by atoms with Gasteiger partial charge in [-0.3, -0.25) is 4.79 Å². The molecular formula is C13H9N3O4S. The number of fused-ring (bicyclic) bond motifs is 1. The van der Waals surface area contributed by atoms with Gasteiger partial charge in [0.05, 0.1) is 11.3 Å². The van der Waals surface area contributed by atoms with Crippen LogP contribution in [-0.4, -0.2) is 25.7 Å². The number of aromatic carboxylic acids is 1. The summed E-state index contributed by atoms with van der Waals surface area (Å²) in [6, 6.07) is 7.47. The van der Waals surface area contributed by atoms with Gasteiger partial charge in [-0.2, -0.15) is 9.61 Å². The van der Waals surface area contributed by atoms with Gasteiger partial charge >= 0.3 is 5.97 Å². The van der Waals surface area contributed by atoms with E-state index >= 15 is 0 Å². The van der Waals surface area contributed by atoms with E-state index in [0.717, 1.165) is 0 Å². The monoisotopic (exact) mass is 303 g/mol. The van der Waals surface area contributed by atoms with Crippen LogP contribution in [0.2, 0.25) is 0 Å². The van der Waals surface area contributed by atoms with E-state index in [-0.39, 0.29) is 17.7 Å². The number of aromatic nitrogens is 3. The van der Waals surface area contributed by atoms with E-state index in [0.29, 0.717) is 16.4 Å². The van der Waals surface area contributed by atoms with E-state index in [9.17, 15) is 9.59 Å². The van der Waals surface area contributed by atoms with Gasteiger partial charge in [-0.25, -0.2) is 9.78 Å². The molecule has 3 aromatic rings. The summed E-state index contributed by atoms with van der Waals surface area (Å²) in [4.78, 5) is 27.4. The molecule has 2 heterocycles. The van der Waals surface area contributed by atoms with E-state index in [1.165, 1.54) is 39.6 Å². The van der Waals surface area contributed by atoms with Crippen molar-refractivity contribution in [1.82, 2.24) is 14.6 Å². The molecule has 0 bridgehead atoms. The summed E-state index contributed by atoms with van der Waals surface area (Å²) in [6.07, 6.45) is 0. The van der Waals surface area contributed by atoms with Gasteiger partial charge in [-0.05, 0) is 18.2 Å². The molecule has 0 aliphatic carbocycles. The summed E-state index contributed by atoms with van der Waals surface area (Å²) >= 11 is 1.25. The minimum Gasteiger partial charge on any atom is -0.487 e. The van der Waals surface area contributed by atoms with Gasteiger partial charge in [-0.15, -0.1) is 0 Å². The van der Waals surface area contributed by atoms with Crippen LogP contribution >= 0.6 is 11.3 Å². The Kier molecular flexibility index (Phi) is 3.36. The number of benzene rings is 1. The smallest absolute Gasteiger partial charge is 0.335 e. The number of carboxylic acid groups (broad SMARTS) is 1. The van der Waals surface area contributed by atoms with Gasteiger partial charge in [-0.1, -0.05) is 17.4 Å². The molecule has 0 aliphatic heterocycles. The predicted molar refractivity (Wildman–Crippen MR) is 74.9 cm³/mol. The number of nitrogens with zero attached hydrogens (tertiary/aromatic N) is 3. The molecule has 7 nitrogen and oxygen atoms in total. The third kappa shape index (κ3) is 2.75. The molecule has 0 aliphatic rings. The van der Waals surface area contributed by atoms with Crippen LogP contribution in [0.5, 0.6) is 5.75 Å². The molecule has 1 aromatic carbocycles. The minimum atomic E-state index is -1.03. The van der Waals surface area contributed by atoms with E-state index in [1.807, 2.05) is 0 Å². The fourth-order valence-corrected chi connectivity index (χ4v) is 2.39. The van der Waals surface area contributed by atoms with E-state index in [4.69, 9.17) is 9.84 Å². The predicted octanol–water partition coefficient (Wildman–Crippen LogP) is 1.43. The van der Waals surface area contributed by atoms with Crippen molar-refractivity contribution in [2.45, 2.75) is 6.61 Å². The molecule has 8 heteroatoms. The second kappa shape index (κ2) is 5.33. The van der Waals surface area contributed by atoms with Crippen molar-refractivity contribution in [3.05, 3.63) is 57.5 Å². The van der Waals surface area contributed by atoms with Crippen LogP contribution in [0.3, 0.4) is 0 Å². The lowest BCUT2D eigenvalue weighted by atomic mass is 10.2. The fraction of sp³-hybridized carbons (Fsp3) is 0.0769. The Labute approximate surface area is 122 Å². The highest BCUT2D eigenvalue weighted by Gasteiger charge is 2.07. The Morgan fingerprint density at radius 2 is 2.24 bits per heavy atom. The Hall–Kier alpha value is -2.74. The first kappa shape index (κ1) is 13.3. The van der Waals surface area contributed by atoms with Crippen molar-refractivity contribution in [3.8, 4) is 5.75 Å². The van der Waals surface area contributed by atoms with Gasteiger partial charge < -0.3 is 9.84 Å². The summed E-state index contributed by atoms with van der Waals surface area (Å²) < 4.78 is 6.68. The molecule has 0 saturated heterocycles. The van der Waals surface area contributed by atoms with Crippen LogP contribution < -0.4 is 10.3 Å². The number of rotatable bonds is 4. The van der Waals surface area contributed by atoms with Crippen molar-refractivity contribution >= 4 is 22.3 Å². The number of carbonyl (C=O) groups is 1. The van der Waals surface area contributed by atoms with Gasteiger partial charge in [0, 0.05) is 6.07 Å². The zero-order valence-electron chi connectivity index (χ0n) is 10.6. The average Bonchev–Trinajstić information content (AvgIpc) is 2.94. The highest BCUT2D eigenvalue weighted by molar-refractivity contribution is 7.14. The molecule has 0 saturated carbocycles. The maximum atomic E-state index is 11.7. The summed E-state index contributed by atoms with van der Waals surface area (Å²) in [5.41, 5.74) is 1.85. The minimum absolute atomic E-state index is 0.0761.